The summed E-state index contributed by atoms with van der Waals surface area (Å²) in [7, 11) is -3.00. The standard InChI is InChI=1S/C16H20N4O3S2/c1-10-8-24-16(17-10)18-15(21)14-12-4-2-3-5-13(12)20(19-14)11-6-7-25(22,23)9-11/h8,11H,2-7,9H2,1H3,(H,17,18,21). The zero-order valence-corrected chi connectivity index (χ0v) is 15.6. The Labute approximate surface area is 150 Å². The number of aromatic nitrogens is 3. The van der Waals surface area contributed by atoms with Crippen LogP contribution in [0.5, 0.6) is 0 Å². The summed E-state index contributed by atoms with van der Waals surface area (Å²) in [5, 5.41) is 9.83. The highest BCUT2D eigenvalue weighted by Gasteiger charge is 2.34. The Morgan fingerprint density at radius 2 is 2.16 bits per heavy atom. The molecule has 1 fully saturated rings. The van der Waals surface area contributed by atoms with E-state index >= 15 is 0 Å². The summed E-state index contributed by atoms with van der Waals surface area (Å²) in [5.41, 5.74) is 3.30. The summed E-state index contributed by atoms with van der Waals surface area (Å²) in [6.45, 7) is 1.88. The smallest absolute Gasteiger partial charge is 0.278 e. The van der Waals surface area contributed by atoms with E-state index in [1.54, 1.807) is 0 Å². The quantitative estimate of drug-likeness (QED) is 0.880. The highest BCUT2D eigenvalue weighted by atomic mass is 32.2. The Balaban J connectivity index is 1.67. The molecule has 9 heteroatoms. The number of thiazole rings is 1. The number of carbonyl (C=O) groups is 1. The lowest BCUT2D eigenvalue weighted by Crippen LogP contribution is -2.17. The molecule has 25 heavy (non-hydrogen) atoms. The van der Waals surface area contributed by atoms with Gasteiger partial charge in [0.05, 0.1) is 23.2 Å². The minimum Gasteiger partial charge on any atom is -0.296 e. The van der Waals surface area contributed by atoms with Crippen molar-refractivity contribution in [3.8, 4) is 0 Å². The Kier molecular flexibility index (Phi) is 4.15. The molecule has 2 aromatic rings. The van der Waals surface area contributed by atoms with Gasteiger partial charge < -0.3 is 0 Å². The van der Waals surface area contributed by atoms with Gasteiger partial charge in [-0.15, -0.1) is 11.3 Å². The molecule has 1 atom stereocenters. The number of amides is 1. The van der Waals surface area contributed by atoms with E-state index in [1.807, 2.05) is 17.0 Å². The van der Waals surface area contributed by atoms with E-state index < -0.39 is 9.84 Å². The molecule has 2 aromatic heterocycles. The van der Waals surface area contributed by atoms with Gasteiger partial charge in [0.15, 0.2) is 20.7 Å². The van der Waals surface area contributed by atoms with Gasteiger partial charge in [-0.25, -0.2) is 13.4 Å². The maximum Gasteiger partial charge on any atom is 0.278 e. The number of hydrogen-bond acceptors (Lipinski definition) is 6. The fourth-order valence-electron chi connectivity index (χ4n) is 3.65. The Morgan fingerprint density at radius 3 is 2.84 bits per heavy atom. The van der Waals surface area contributed by atoms with E-state index in [2.05, 4.69) is 15.4 Å². The van der Waals surface area contributed by atoms with Crippen LogP contribution in [-0.4, -0.2) is 40.6 Å². The number of anilines is 1. The van der Waals surface area contributed by atoms with Gasteiger partial charge in [0.1, 0.15) is 0 Å². The SMILES string of the molecule is Cc1csc(NC(=O)c2nn(C3CCS(=O)(=O)C3)c3c2CCCC3)n1. The number of sulfone groups is 1. The van der Waals surface area contributed by atoms with Crippen LogP contribution in [0.4, 0.5) is 5.13 Å². The molecule has 1 aliphatic carbocycles. The van der Waals surface area contributed by atoms with Crippen LogP contribution in [0.25, 0.3) is 0 Å². The van der Waals surface area contributed by atoms with E-state index in [9.17, 15) is 13.2 Å². The first-order valence-electron chi connectivity index (χ1n) is 8.47. The zero-order chi connectivity index (χ0) is 17.6. The molecular formula is C16H20N4O3S2. The summed E-state index contributed by atoms with van der Waals surface area (Å²) in [6, 6.07) is -0.152. The molecule has 1 amide bonds. The number of rotatable bonds is 3. The third-order valence-electron chi connectivity index (χ3n) is 4.82. The second kappa shape index (κ2) is 6.21. The second-order valence-electron chi connectivity index (χ2n) is 6.73. The second-order valence-corrected chi connectivity index (χ2v) is 9.82. The molecule has 0 saturated carbocycles. The van der Waals surface area contributed by atoms with Crippen LogP contribution in [0.3, 0.4) is 0 Å². The van der Waals surface area contributed by atoms with Crippen molar-refractivity contribution < 1.29 is 13.2 Å². The van der Waals surface area contributed by atoms with Crippen LogP contribution < -0.4 is 5.32 Å². The average molecular weight is 380 g/mol. The van der Waals surface area contributed by atoms with E-state index in [-0.39, 0.29) is 23.5 Å². The number of fused-ring (bicyclic) bond motifs is 1. The number of nitrogens with one attached hydrogen (secondary N) is 1. The number of nitrogens with zero attached hydrogens (tertiary/aromatic N) is 3. The number of hydrogen-bond donors (Lipinski definition) is 1. The Morgan fingerprint density at radius 1 is 1.36 bits per heavy atom. The molecule has 4 rings (SSSR count). The number of carbonyl (C=O) groups excluding carboxylic acids is 1. The van der Waals surface area contributed by atoms with Crippen molar-refractivity contribution in [3.05, 3.63) is 28.0 Å². The molecule has 1 saturated heterocycles. The van der Waals surface area contributed by atoms with Gasteiger partial charge in [0.2, 0.25) is 0 Å². The lowest BCUT2D eigenvalue weighted by Gasteiger charge is -2.17. The van der Waals surface area contributed by atoms with E-state index in [1.165, 1.54) is 11.3 Å². The van der Waals surface area contributed by atoms with Crippen molar-refractivity contribution in [1.29, 1.82) is 0 Å². The predicted octanol–water partition coefficient (Wildman–Crippen LogP) is 2.14. The van der Waals surface area contributed by atoms with Gasteiger partial charge >= 0.3 is 0 Å². The predicted molar refractivity (Wildman–Crippen MR) is 96.0 cm³/mol. The van der Waals surface area contributed by atoms with Crippen LogP contribution in [0.1, 0.15) is 52.7 Å². The molecule has 0 radical (unpaired) electrons. The van der Waals surface area contributed by atoms with E-state index in [0.29, 0.717) is 17.2 Å². The van der Waals surface area contributed by atoms with Crippen LogP contribution in [0, 0.1) is 6.92 Å². The molecular weight excluding hydrogens is 360 g/mol. The molecule has 1 N–H and O–H groups in total. The van der Waals surface area contributed by atoms with Crippen molar-refractivity contribution >= 4 is 32.2 Å². The molecule has 1 aliphatic heterocycles. The molecule has 2 aliphatic rings. The summed E-state index contributed by atoms with van der Waals surface area (Å²) >= 11 is 1.38. The summed E-state index contributed by atoms with van der Waals surface area (Å²) in [6.07, 6.45) is 4.31. The lowest BCUT2D eigenvalue weighted by atomic mass is 9.95. The Bertz CT molecular complexity index is 929. The van der Waals surface area contributed by atoms with Crippen LogP contribution in [0.2, 0.25) is 0 Å². The highest BCUT2D eigenvalue weighted by Crippen LogP contribution is 2.31. The van der Waals surface area contributed by atoms with Crippen LogP contribution in [0.15, 0.2) is 5.38 Å². The lowest BCUT2D eigenvalue weighted by molar-refractivity contribution is 0.102. The van der Waals surface area contributed by atoms with Crippen molar-refractivity contribution in [3.63, 3.8) is 0 Å². The largest absolute Gasteiger partial charge is 0.296 e. The average Bonchev–Trinajstić information content (AvgIpc) is 3.24. The van der Waals surface area contributed by atoms with Gasteiger partial charge in [-0.05, 0) is 39.0 Å². The maximum absolute atomic E-state index is 12.7. The first kappa shape index (κ1) is 16.7. The minimum atomic E-state index is -3.00. The fraction of sp³-hybridized carbons (Fsp3) is 0.562. The molecule has 7 nitrogen and oxygen atoms in total. The fourth-order valence-corrected chi connectivity index (χ4v) is 6.02. The molecule has 0 aromatic carbocycles. The molecule has 1 unspecified atom stereocenters. The third kappa shape index (κ3) is 3.22. The third-order valence-corrected chi connectivity index (χ3v) is 7.44. The van der Waals surface area contributed by atoms with Crippen LogP contribution >= 0.6 is 11.3 Å². The van der Waals surface area contributed by atoms with Gasteiger partial charge in [-0.1, -0.05) is 0 Å². The highest BCUT2D eigenvalue weighted by molar-refractivity contribution is 7.91. The van der Waals surface area contributed by atoms with Crippen molar-refractivity contribution in [2.75, 3.05) is 16.8 Å². The summed E-state index contributed by atoms with van der Waals surface area (Å²) in [5.74, 6) is 0.0622. The first-order valence-corrected chi connectivity index (χ1v) is 11.2. The maximum atomic E-state index is 12.7. The first-order chi connectivity index (χ1) is 11.9. The van der Waals surface area contributed by atoms with Crippen molar-refractivity contribution in [2.45, 2.75) is 45.1 Å². The zero-order valence-electron chi connectivity index (χ0n) is 14.0. The molecule has 0 bridgehead atoms. The minimum absolute atomic E-state index is 0.119. The van der Waals surface area contributed by atoms with E-state index in [0.717, 1.165) is 42.6 Å². The van der Waals surface area contributed by atoms with Crippen molar-refractivity contribution in [1.82, 2.24) is 14.8 Å². The Hall–Kier alpha value is -1.74. The van der Waals surface area contributed by atoms with Crippen LogP contribution in [-0.2, 0) is 22.7 Å². The topological polar surface area (TPSA) is 94.0 Å². The summed E-state index contributed by atoms with van der Waals surface area (Å²) in [4.78, 5) is 17.0. The van der Waals surface area contributed by atoms with Crippen molar-refractivity contribution in [2.24, 2.45) is 0 Å². The summed E-state index contributed by atoms with van der Waals surface area (Å²) < 4.78 is 25.5. The van der Waals surface area contributed by atoms with Gasteiger partial charge in [-0.3, -0.25) is 14.8 Å². The molecule has 134 valence electrons. The van der Waals surface area contributed by atoms with Gasteiger partial charge in [-0.2, -0.15) is 5.10 Å². The molecule has 3 heterocycles. The normalized spacial score (nSPS) is 21.9. The van der Waals surface area contributed by atoms with Gasteiger partial charge in [0, 0.05) is 16.6 Å². The molecule has 0 spiro atoms. The monoisotopic (exact) mass is 380 g/mol. The van der Waals surface area contributed by atoms with E-state index in [4.69, 9.17) is 0 Å². The number of aryl methyl sites for hydroxylation is 1. The van der Waals surface area contributed by atoms with Gasteiger partial charge in [0.25, 0.3) is 5.91 Å².